The molecule has 0 atom stereocenters. The average Bonchev–Trinajstić information content (AvgIpc) is 2.46. The van der Waals surface area contributed by atoms with Gasteiger partial charge in [-0.05, 0) is 61.8 Å². The summed E-state index contributed by atoms with van der Waals surface area (Å²) in [5.74, 6) is 0. The molecular formula is C19H24ClNOS. The Morgan fingerprint density at radius 1 is 1.00 bits per heavy atom. The molecule has 2 aromatic rings. The van der Waals surface area contributed by atoms with Gasteiger partial charge in [0.05, 0.1) is 0 Å². The van der Waals surface area contributed by atoms with Crippen molar-refractivity contribution in [3.8, 4) is 0 Å². The van der Waals surface area contributed by atoms with Crippen LogP contribution < -0.4 is 0 Å². The summed E-state index contributed by atoms with van der Waals surface area (Å²) in [4.78, 5) is 4.98. The van der Waals surface area contributed by atoms with E-state index in [2.05, 4.69) is 74.5 Å². The summed E-state index contributed by atoms with van der Waals surface area (Å²) in [6.45, 7) is 3.25. The first-order valence-corrected chi connectivity index (χ1v) is 8.20. The minimum atomic E-state index is 0. The van der Waals surface area contributed by atoms with Crippen molar-refractivity contribution < 1.29 is 5.48 Å². The van der Waals surface area contributed by atoms with E-state index in [-0.39, 0.29) is 17.9 Å². The van der Waals surface area contributed by atoms with Gasteiger partial charge in [-0.25, -0.2) is 0 Å². The van der Waals surface area contributed by atoms with Gasteiger partial charge >= 0.3 is 0 Å². The molecule has 4 heteroatoms. The molecule has 0 bridgehead atoms. The molecule has 0 saturated heterocycles. The molecule has 0 saturated carbocycles. The lowest BCUT2D eigenvalue weighted by Gasteiger charge is -2.22. The maximum Gasteiger partial charge on any atom is 0.0203 e. The molecule has 0 amide bonds. The van der Waals surface area contributed by atoms with E-state index in [9.17, 15) is 0 Å². The van der Waals surface area contributed by atoms with E-state index in [1.54, 1.807) is 0 Å². The first kappa shape index (κ1) is 19.8. The Kier molecular flexibility index (Phi) is 7.36. The van der Waals surface area contributed by atoms with Gasteiger partial charge in [0.25, 0.3) is 0 Å². The minimum Gasteiger partial charge on any atom is -0.412 e. The first-order valence-electron chi connectivity index (χ1n) is 7.38. The molecule has 2 nitrogen and oxygen atoms in total. The molecule has 0 aromatic heterocycles. The molecule has 2 aromatic carbocycles. The number of fused-ring (bicyclic) bond motifs is 2. The minimum absolute atomic E-state index is 0. The maximum atomic E-state index is 2.40. The topological polar surface area (TPSA) is 34.7 Å². The van der Waals surface area contributed by atoms with Crippen molar-refractivity contribution in [1.29, 1.82) is 0 Å². The highest BCUT2D eigenvalue weighted by molar-refractivity contribution is 7.99. The third kappa shape index (κ3) is 4.39. The molecule has 0 spiro atoms. The van der Waals surface area contributed by atoms with Gasteiger partial charge in [0, 0.05) is 16.3 Å². The number of halogens is 1. The molecule has 124 valence electrons. The van der Waals surface area contributed by atoms with Gasteiger partial charge in [-0.15, -0.1) is 12.4 Å². The highest BCUT2D eigenvalue weighted by Gasteiger charge is 2.20. The van der Waals surface area contributed by atoms with Gasteiger partial charge in [-0.1, -0.05) is 48.2 Å². The van der Waals surface area contributed by atoms with Crippen LogP contribution in [0.15, 0.2) is 58.3 Å². The second kappa shape index (κ2) is 8.55. The van der Waals surface area contributed by atoms with Gasteiger partial charge in [0.2, 0.25) is 0 Å². The van der Waals surface area contributed by atoms with E-state index >= 15 is 0 Å². The lowest BCUT2D eigenvalue weighted by atomic mass is 9.95. The van der Waals surface area contributed by atoms with Crippen molar-refractivity contribution in [2.24, 2.45) is 0 Å². The zero-order valence-electron chi connectivity index (χ0n) is 13.8. The smallest absolute Gasteiger partial charge is 0.0203 e. The van der Waals surface area contributed by atoms with Crippen LogP contribution in [-0.2, 0) is 0 Å². The summed E-state index contributed by atoms with van der Waals surface area (Å²) in [7, 11) is 4.25. The van der Waals surface area contributed by atoms with Crippen LogP contribution in [0, 0.1) is 6.92 Å². The normalized spacial score (nSPS) is 13.8. The molecular weight excluding hydrogens is 326 g/mol. The van der Waals surface area contributed by atoms with E-state index in [0.29, 0.717) is 0 Å². The zero-order chi connectivity index (χ0) is 14.8. The summed E-state index contributed by atoms with van der Waals surface area (Å²) in [6, 6.07) is 15.5. The summed E-state index contributed by atoms with van der Waals surface area (Å²) in [5.41, 5.74) is 5.47. The van der Waals surface area contributed by atoms with Gasteiger partial charge in [-0.2, -0.15) is 0 Å². The van der Waals surface area contributed by atoms with E-state index in [1.807, 2.05) is 11.8 Å². The molecule has 2 N–H and O–H groups in total. The Morgan fingerprint density at radius 2 is 1.70 bits per heavy atom. The predicted octanol–water partition coefficient (Wildman–Crippen LogP) is 4.44. The molecule has 1 heterocycles. The summed E-state index contributed by atoms with van der Waals surface area (Å²) in [6.07, 6.45) is 3.47. The zero-order valence-corrected chi connectivity index (χ0v) is 15.4. The number of hydrogen-bond donors (Lipinski definition) is 0. The fourth-order valence-electron chi connectivity index (χ4n) is 2.67. The third-order valence-corrected chi connectivity index (χ3v) is 4.88. The van der Waals surface area contributed by atoms with Crippen molar-refractivity contribution in [2.45, 2.75) is 23.1 Å². The predicted molar refractivity (Wildman–Crippen MR) is 103 cm³/mol. The molecule has 0 radical (unpaired) electrons. The molecule has 23 heavy (non-hydrogen) atoms. The second-order valence-electron chi connectivity index (χ2n) is 5.81. The molecule has 1 aliphatic rings. The molecule has 0 unspecified atom stereocenters. The summed E-state index contributed by atoms with van der Waals surface area (Å²) in [5, 5.41) is 0. The molecule has 0 aliphatic carbocycles. The molecule has 1 aliphatic heterocycles. The van der Waals surface area contributed by atoms with Crippen LogP contribution in [0.1, 0.15) is 23.1 Å². The molecule has 0 fully saturated rings. The second-order valence-corrected chi connectivity index (χ2v) is 6.89. The lowest BCUT2D eigenvalue weighted by molar-refractivity contribution is 0.417. The van der Waals surface area contributed by atoms with Crippen LogP contribution >= 0.6 is 24.2 Å². The van der Waals surface area contributed by atoms with Crippen molar-refractivity contribution >= 4 is 29.7 Å². The average molecular weight is 350 g/mol. The highest BCUT2D eigenvalue weighted by Crippen LogP contribution is 2.45. The number of hydrogen-bond acceptors (Lipinski definition) is 2. The van der Waals surface area contributed by atoms with Gasteiger partial charge in [0.15, 0.2) is 0 Å². The monoisotopic (exact) mass is 349 g/mol. The Hall–Kier alpha value is -1.26. The van der Waals surface area contributed by atoms with E-state index in [0.717, 1.165) is 13.0 Å². The SMILES string of the molecule is Cc1ccc2c(c1)Sc1ccccc1/C2=C/CCN(C)C.Cl.O. The van der Waals surface area contributed by atoms with Crippen LogP contribution in [-0.4, -0.2) is 31.0 Å². The summed E-state index contributed by atoms with van der Waals surface area (Å²) >= 11 is 1.89. The third-order valence-electron chi connectivity index (χ3n) is 3.75. The Balaban J connectivity index is 0.00000132. The summed E-state index contributed by atoms with van der Waals surface area (Å²) < 4.78 is 0. The van der Waals surface area contributed by atoms with Gasteiger partial charge < -0.3 is 10.4 Å². The van der Waals surface area contributed by atoms with Crippen LogP contribution in [0.2, 0.25) is 0 Å². The Morgan fingerprint density at radius 3 is 2.43 bits per heavy atom. The van der Waals surface area contributed by atoms with E-state index < -0.39 is 0 Å². The van der Waals surface area contributed by atoms with Gasteiger partial charge in [0.1, 0.15) is 0 Å². The molecule has 3 rings (SSSR count). The quantitative estimate of drug-likeness (QED) is 0.700. The lowest BCUT2D eigenvalue weighted by Crippen LogP contribution is -2.12. The maximum absolute atomic E-state index is 2.40. The fourth-order valence-corrected chi connectivity index (χ4v) is 3.87. The van der Waals surface area contributed by atoms with Crippen LogP contribution in [0.25, 0.3) is 5.57 Å². The Labute approximate surface area is 149 Å². The number of nitrogens with zero attached hydrogens (tertiary/aromatic N) is 1. The van der Waals surface area contributed by atoms with Crippen molar-refractivity contribution in [3.63, 3.8) is 0 Å². The van der Waals surface area contributed by atoms with Gasteiger partial charge in [-0.3, -0.25) is 0 Å². The van der Waals surface area contributed by atoms with Crippen molar-refractivity contribution in [1.82, 2.24) is 4.90 Å². The number of aryl methyl sites for hydroxylation is 1. The van der Waals surface area contributed by atoms with Crippen molar-refractivity contribution in [2.75, 3.05) is 20.6 Å². The Bertz CT molecular complexity index is 698. The van der Waals surface area contributed by atoms with Crippen LogP contribution in [0.5, 0.6) is 0 Å². The first-order chi connectivity index (χ1) is 10.1. The van der Waals surface area contributed by atoms with Crippen LogP contribution in [0.3, 0.4) is 0 Å². The number of benzene rings is 2. The standard InChI is InChI=1S/C19H21NS.ClH.H2O/c1-14-10-11-17-15(8-6-12-20(2)3)16-7-4-5-9-18(16)21-19(17)13-14;;/h4-5,7-11,13H,6,12H2,1-3H3;1H;1H2/b15-8-;;. The fraction of sp³-hybridized carbons (Fsp3) is 0.263. The van der Waals surface area contributed by atoms with Crippen LogP contribution in [0.4, 0.5) is 0 Å². The highest BCUT2D eigenvalue weighted by atomic mass is 35.5. The van der Waals surface area contributed by atoms with E-state index in [1.165, 1.54) is 32.1 Å². The number of rotatable bonds is 3. The van der Waals surface area contributed by atoms with E-state index in [4.69, 9.17) is 0 Å². The van der Waals surface area contributed by atoms with Crippen molar-refractivity contribution in [3.05, 3.63) is 65.2 Å². The largest absolute Gasteiger partial charge is 0.412 e.